The van der Waals surface area contributed by atoms with Crippen molar-refractivity contribution in [2.24, 2.45) is 0 Å². The van der Waals surface area contributed by atoms with Gasteiger partial charge in [-0.2, -0.15) is 0 Å². The van der Waals surface area contributed by atoms with E-state index in [1.807, 2.05) is 30.3 Å². The summed E-state index contributed by atoms with van der Waals surface area (Å²) in [7, 11) is 0. The number of esters is 1. The van der Waals surface area contributed by atoms with Crippen LogP contribution < -0.4 is 0 Å². The van der Waals surface area contributed by atoms with Crippen LogP contribution in [-0.2, 0) is 22.6 Å². The molecule has 2 aromatic carbocycles. The molecule has 3 nitrogen and oxygen atoms in total. The van der Waals surface area contributed by atoms with Crippen molar-refractivity contribution >= 4 is 5.97 Å². The first-order chi connectivity index (χ1) is 9.15. The van der Waals surface area contributed by atoms with Crippen LogP contribution in [0.2, 0.25) is 0 Å². The molecular formula is C15H13FO3. The van der Waals surface area contributed by atoms with Crippen LogP contribution >= 0.6 is 0 Å². The van der Waals surface area contributed by atoms with E-state index in [1.165, 1.54) is 12.1 Å². The van der Waals surface area contributed by atoms with Gasteiger partial charge in [0, 0.05) is 0 Å². The number of halogens is 1. The van der Waals surface area contributed by atoms with E-state index in [9.17, 15) is 14.3 Å². The van der Waals surface area contributed by atoms with Crippen molar-refractivity contribution in [3.8, 4) is 5.75 Å². The Balaban J connectivity index is 1.89. The van der Waals surface area contributed by atoms with Crippen molar-refractivity contribution in [1.82, 2.24) is 0 Å². The summed E-state index contributed by atoms with van der Waals surface area (Å²) in [6.45, 7) is 0.201. The van der Waals surface area contributed by atoms with Gasteiger partial charge in [-0.15, -0.1) is 0 Å². The van der Waals surface area contributed by atoms with Crippen molar-refractivity contribution in [3.05, 3.63) is 65.5 Å². The number of carbonyl (C=O) groups is 1. The summed E-state index contributed by atoms with van der Waals surface area (Å²) in [6, 6.07) is 13.1. The largest absolute Gasteiger partial charge is 0.505 e. The molecule has 19 heavy (non-hydrogen) atoms. The fourth-order valence-electron chi connectivity index (χ4n) is 1.62. The predicted molar refractivity (Wildman–Crippen MR) is 68.0 cm³/mol. The fraction of sp³-hybridized carbons (Fsp3) is 0.133. The van der Waals surface area contributed by atoms with Gasteiger partial charge in [-0.1, -0.05) is 36.4 Å². The summed E-state index contributed by atoms with van der Waals surface area (Å²) in [5, 5.41) is 9.19. The van der Waals surface area contributed by atoms with Crippen LogP contribution in [-0.4, -0.2) is 11.1 Å². The Labute approximate surface area is 110 Å². The van der Waals surface area contributed by atoms with Crippen LogP contribution in [0.5, 0.6) is 5.75 Å². The van der Waals surface area contributed by atoms with E-state index in [0.29, 0.717) is 5.56 Å². The first-order valence-corrected chi connectivity index (χ1v) is 5.82. The lowest BCUT2D eigenvalue weighted by molar-refractivity contribution is -0.144. The Morgan fingerprint density at radius 2 is 1.84 bits per heavy atom. The number of hydrogen-bond acceptors (Lipinski definition) is 3. The maximum atomic E-state index is 12.8. The van der Waals surface area contributed by atoms with Gasteiger partial charge in [0.2, 0.25) is 0 Å². The molecule has 0 atom stereocenters. The summed E-state index contributed by atoms with van der Waals surface area (Å²) in [5.41, 5.74) is 1.41. The van der Waals surface area contributed by atoms with Gasteiger partial charge in [-0.25, -0.2) is 4.39 Å². The van der Waals surface area contributed by atoms with Gasteiger partial charge in [0.15, 0.2) is 11.6 Å². The van der Waals surface area contributed by atoms with E-state index in [0.717, 1.165) is 11.6 Å². The number of rotatable bonds is 4. The number of carbonyl (C=O) groups excluding carboxylic acids is 1. The second kappa shape index (κ2) is 6.00. The molecule has 0 aliphatic rings. The van der Waals surface area contributed by atoms with Gasteiger partial charge in [0.1, 0.15) is 6.61 Å². The molecule has 0 fully saturated rings. The quantitative estimate of drug-likeness (QED) is 0.860. The third kappa shape index (κ3) is 3.81. The Bertz CT molecular complexity index is 567. The standard InChI is InChI=1S/C15H13FO3/c16-13-7-6-12(8-14(13)17)9-15(18)19-10-11-4-2-1-3-5-11/h1-8,17H,9-10H2. The minimum atomic E-state index is -0.707. The number of phenolic OH excluding ortho intramolecular Hbond substituents is 1. The molecule has 0 spiro atoms. The van der Waals surface area contributed by atoms with Gasteiger partial charge < -0.3 is 9.84 Å². The van der Waals surface area contributed by atoms with Crippen molar-refractivity contribution in [3.63, 3.8) is 0 Å². The van der Waals surface area contributed by atoms with Crippen LogP contribution in [0, 0.1) is 5.82 Å². The molecule has 0 aromatic heterocycles. The Hall–Kier alpha value is -2.36. The Morgan fingerprint density at radius 3 is 2.53 bits per heavy atom. The summed E-state index contributed by atoms with van der Waals surface area (Å²) in [5.74, 6) is -1.59. The normalized spacial score (nSPS) is 10.2. The van der Waals surface area contributed by atoms with Crippen LogP contribution in [0.25, 0.3) is 0 Å². The number of benzene rings is 2. The van der Waals surface area contributed by atoms with Crippen LogP contribution in [0.4, 0.5) is 4.39 Å². The third-order valence-corrected chi connectivity index (χ3v) is 2.60. The number of ether oxygens (including phenoxy) is 1. The third-order valence-electron chi connectivity index (χ3n) is 2.60. The number of aromatic hydroxyl groups is 1. The highest BCUT2D eigenvalue weighted by Gasteiger charge is 2.08. The van der Waals surface area contributed by atoms with E-state index >= 15 is 0 Å². The molecule has 4 heteroatoms. The highest BCUT2D eigenvalue weighted by atomic mass is 19.1. The lowest BCUT2D eigenvalue weighted by Gasteiger charge is -2.05. The average molecular weight is 260 g/mol. The topological polar surface area (TPSA) is 46.5 Å². The van der Waals surface area contributed by atoms with Crippen molar-refractivity contribution in [2.75, 3.05) is 0 Å². The average Bonchev–Trinajstić information content (AvgIpc) is 2.42. The fourth-order valence-corrected chi connectivity index (χ4v) is 1.62. The molecule has 1 N–H and O–H groups in total. The monoisotopic (exact) mass is 260 g/mol. The predicted octanol–water partition coefficient (Wildman–Crippen LogP) is 2.82. The molecule has 0 unspecified atom stereocenters. The van der Waals surface area contributed by atoms with Crippen molar-refractivity contribution in [2.45, 2.75) is 13.0 Å². The van der Waals surface area contributed by atoms with E-state index in [-0.39, 0.29) is 13.0 Å². The zero-order valence-corrected chi connectivity index (χ0v) is 10.2. The molecule has 2 aromatic rings. The minimum Gasteiger partial charge on any atom is -0.505 e. The molecule has 2 rings (SSSR count). The SMILES string of the molecule is O=C(Cc1ccc(F)c(O)c1)OCc1ccccc1. The van der Waals surface area contributed by atoms with Gasteiger partial charge in [0.25, 0.3) is 0 Å². The highest BCUT2D eigenvalue weighted by Crippen LogP contribution is 2.17. The van der Waals surface area contributed by atoms with Gasteiger partial charge in [-0.05, 0) is 23.3 Å². The second-order valence-electron chi connectivity index (χ2n) is 4.11. The van der Waals surface area contributed by atoms with Crippen LogP contribution in [0.1, 0.15) is 11.1 Å². The summed E-state index contributed by atoms with van der Waals surface area (Å²) >= 11 is 0. The smallest absolute Gasteiger partial charge is 0.310 e. The van der Waals surface area contributed by atoms with E-state index in [2.05, 4.69) is 0 Å². The molecular weight excluding hydrogens is 247 g/mol. The molecule has 0 heterocycles. The molecule has 0 bridgehead atoms. The Morgan fingerprint density at radius 1 is 1.11 bits per heavy atom. The lowest BCUT2D eigenvalue weighted by Crippen LogP contribution is -2.08. The van der Waals surface area contributed by atoms with Gasteiger partial charge in [-0.3, -0.25) is 4.79 Å². The maximum absolute atomic E-state index is 12.8. The van der Waals surface area contributed by atoms with E-state index in [4.69, 9.17) is 4.74 Å². The zero-order chi connectivity index (χ0) is 13.7. The van der Waals surface area contributed by atoms with Gasteiger partial charge >= 0.3 is 5.97 Å². The molecule has 0 aliphatic carbocycles. The number of phenols is 1. The van der Waals surface area contributed by atoms with Crippen molar-refractivity contribution < 1.29 is 19.0 Å². The summed E-state index contributed by atoms with van der Waals surface area (Å²) < 4.78 is 17.9. The maximum Gasteiger partial charge on any atom is 0.310 e. The van der Waals surface area contributed by atoms with E-state index in [1.54, 1.807) is 0 Å². The minimum absolute atomic E-state index is 0.000668. The van der Waals surface area contributed by atoms with E-state index < -0.39 is 17.5 Å². The zero-order valence-electron chi connectivity index (χ0n) is 10.2. The summed E-state index contributed by atoms with van der Waals surface area (Å²) in [4.78, 5) is 11.6. The first-order valence-electron chi connectivity index (χ1n) is 5.82. The molecule has 0 amide bonds. The lowest BCUT2D eigenvalue weighted by atomic mass is 10.1. The second-order valence-corrected chi connectivity index (χ2v) is 4.11. The molecule has 0 aliphatic heterocycles. The van der Waals surface area contributed by atoms with Gasteiger partial charge in [0.05, 0.1) is 6.42 Å². The highest BCUT2D eigenvalue weighted by molar-refractivity contribution is 5.72. The molecule has 98 valence electrons. The first kappa shape index (κ1) is 13.1. The van der Waals surface area contributed by atoms with Crippen molar-refractivity contribution in [1.29, 1.82) is 0 Å². The molecule has 0 saturated heterocycles. The Kier molecular flexibility index (Phi) is 4.13. The summed E-state index contributed by atoms with van der Waals surface area (Å²) in [6.07, 6.45) is 0.000668. The van der Waals surface area contributed by atoms with Crippen LogP contribution in [0.3, 0.4) is 0 Å². The van der Waals surface area contributed by atoms with Crippen LogP contribution in [0.15, 0.2) is 48.5 Å². The molecule has 0 radical (unpaired) electrons. The molecule has 0 saturated carbocycles. The number of hydrogen-bond donors (Lipinski definition) is 1.